The number of nitrogens with one attached hydrogen (secondary N) is 1. The average Bonchev–Trinajstić information content (AvgIpc) is 2.98. The third kappa shape index (κ3) is 2.96. The van der Waals surface area contributed by atoms with Crippen LogP contribution in [-0.2, 0) is 11.8 Å². The lowest BCUT2D eigenvalue weighted by Gasteiger charge is -2.31. The van der Waals surface area contributed by atoms with Crippen LogP contribution in [0.15, 0.2) is 18.2 Å². The number of aryl methyl sites for hydroxylation is 1. The van der Waals surface area contributed by atoms with Gasteiger partial charge in [-0.05, 0) is 56.1 Å². The third-order valence-corrected chi connectivity index (χ3v) is 5.67. The van der Waals surface area contributed by atoms with Gasteiger partial charge in [0.05, 0.1) is 5.52 Å². The van der Waals surface area contributed by atoms with Gasteiger partial charge < -0.3 is 4.90 Å². The smallest absolute Gasteiger partial charge is 0.304 e. The van der Waals surface area contributed by atoms with Gasteiger partial charge in [-0.15, -0.1) is 0 Å². The van der Waals surface area contributed by atoms with Gasteiger partial charge in [0.2, 0.25) is 5.91 Å². The van der Waals surface area contributed by atoms with Gasteiger partial charge in [0, 0.05) is 25.4 Å². The van der Waals surface area contributed by atoms with Crippen molar-refractivity contribution in [3.8, 4) is 0 Å². The molecule has 7 heteroatoms. The van der Waals surface area contributed by atoms with Gasteiger partial charge in [-0.3, -0.25) is 19.7 Å². The van der Waals surface area contributed by atoms with Gasteiger partial charge in [-0.2, -0.15) is 5.10 Å². The van der Waals surface area contributed by atoms with Gasteiger partial charge in [0.25, 0.3) is 0 Å². The number of rotatable bonds is 3. The first-order valence-corrected chi connectivity index (χ1v) is 9.37. The summed E-state index contributed by atoms with van der Waals surface area (Å²) in [5.41, 5.74) is 2.38. The summed E-state index contributed by atoms with van der Waals surface area (Å²) < 4.78 is 1.83. The van der Waals surface area contributed by atoms with Crippen molar-refractivity contribution < 1.29 is 9.59 Å². The number of piperidine rings is 1. The summed E-state index contributed by atoms with van der Waals surface area (Å²) in [6.07, 6.45) is 2.67. The maximum Gasteiger partial charge on any atom is 0.329 e. The molecule has 0 radical (unpaired) electrons. The van der Waals surface area contributed by atoms with Crippen molar-refractivity contribution >= 4 is 28.7 Å². The maximum absolute atomic E-state index is 12.2. The average molecular weight is 355 g/mol. The zero-order valence-corrected chi connectivity index (χ0v) is 15.4. The molecule has 26 heavy (non-hydrogen) atoms. The minimum atomic E-state index is -0.391. The van der Waals surface area contributed by atoms with Crippen LogP contribution < -0.4 is 10.2 Å². The first kappa shape index (κ1) is 17.0. The van der Waals surface area contributed by atoms with Crippen LogP contribution in [0.1, 0.15) is 37.7 Å². The van der Waals surface area contributed by atoms with E-state index in [0.717, 1.165) is 30.5 Å². The molecule has 0 atom stereocenters. The summed E-state index contributed by atoms with van der Waals surface area (Å²) >= 11 is 0. The monoisotopic (exact) mass is 355 g/mol. The molecular weight excluding hydrogens is 330 g/mol. The van der Waals surface area contributed by atoms with E-state index >= 15 is 0 Å². The quantitative estimate of drug-likeness (QED) is 0.916. The summed E-state index contributed by atoms with van der Waals surface area (Å²) in [6.45, 7) is 6.01. The van der Waals surface area contributed by atoms with Crippen molar-refractivity contribution in [2.75, 3.05) is 31.1 Å². The highest BCUT2D eigenvalue weighted by atomic mass is 16.2. The molecule has 2 aromatic rings. The van der Waals surface area contributed by atoms with Crippen LogP contribution in [0.4, 0.5) is 10.6 Å². The van der Waals surface area contributed by atoms with Gasteiger partial charge in [0.1, 0.15) is 0 Å². The molecule has 0 saturated carbocycles. The number of anilines is 1. The van der Waals surface area contributed by atoms with Gasteiger partial charge in [0.15, 0.2) is 5.82 Å². The fourth-order valence-electron chi connectivity index (χ4n) is 4.06. The lowest BCUT2D eigenvalue weighted by atomic mass is 9.89. The highest BCUT2D eigenvalue weighted by Crippen LogP contribution is 2.33. The van der Waals surface area contributed by atoms with Crippen LogP contribution in [0.25, 0.3) is 10.9 Å². The molecule has 2 aliphatic heterocycles. The number of benzene rings is 1. The van der Waals surface area contributed by atoms with E-state index in [9.17, 15) is 9.59 Å². The number of fused-ring (bicyclic) bond motifs is 1. The normalized spacial score (nSPS) is 20.0. The van der Waals surface area contributed by atoms with Gasteiger partial charge in [-0.1, -0.05) is 13.0 Å². The molecule has 4 rings (SSSR count). The second kappa shape index (κ2) is 6.72. The Morgan fingerprint density at radius 2 is 1.96 bits per heavy atom. The number of imide groups is 1. The Kier molecular flexibility index (Phi) is 4.40. The molecule has 3 amide bonds. The van der Waals surface area contributed by atoms with E-state index in [1.807, 2.05) is 11.7 Å². The van der Waals surface area contributed by atoms with Gasteiger partial charge >= 0.3 is 6.03 Å². The fraction of sp³-hybridized carbons (Fsp3) is 0.526. The zero-order valence-electron chi connectivity index (χ0n) is 15.4. The van der Waals surface area contributed by atoms with Crippen LogP contribution >= 0.6 is 0 Å². The molecule has 0 aliphatic carbocycles. The molecule has 0 unspecified atom stereocenters. The molecule has 2 aliphatic rings. The van der Waals surface area contributed by atoms with Crippen LogP contribution in [0, 0.1) is 0 Å². The summed E-state index contributed by atoms with van der Waals surface area (Å²) in [7, 11) is 1.91. The summed E-state index contributed by atoms with van der Waals surface area (Å²) in [5.74, 6) is 0.975. The van der Waals surface area contributed by atoms with Crippen LogP contribution in [0.3, 0.4) is 0 Å². The third-order valence-electron chi connectivity index (χ3n) is 5.67. The molecule has 2 fully saturated rings. The Balaban J connectivity index is 1.63. The number of nitrogens with zero attached hydrogens (tertiary/aromatic N) is 4. The second-order valence-corrected chi connectivity index (χ2v) is 7.19. The van der Waals surface area contributed by atoms with Crippen LogP contribution in [0.5, 0.6) is 0 Å². The summed E-state index contributed by atoms with van der Waals surface area (Å²) in [4.78, 5) is 27.6. The van der Waals surface area contributed by atoms with Crippen molar-refractivity contribution in [1.82, 2.24) is 20.0 Å². The number of hydrogen-bond donors (Lipinski definition) is 1. The molecule has 1 aromatic heterocycles. The predicted molar refractivity (Wildman–Crippen MR) is 100 cm³/mol. The summed E-state index contributed by atoms with van der Waals surface area (Å²) in [5, 5.41) is 7.88. The molecule has 1 aromatic carbocycles. The largest absolute Gasteiger partial charge is 0.329 e. The molecule has 3 heterocycles. The minimum absolute atomic E-state index is 0.229. The molecule has 2 saturated heterocycles. The lowest BCUT2D eigenvalue weighted by Crippen LogP contribution is -2.49. The van der Waals surface area contributed by atoms with E-state index in [4.69, 9.17) is 0 Å². The second-order valence-electron chi connectivity index (χ2n) is 7.19. The van der Waals surface area contributed by atoms with E-state index < -0.39 is 6.03 Å². The van der Waals surface area contributed by atoms with E-state index in [0.29, 0.717) is 24.7 Å². The standard InChI is InChI=1S/C19H25N5O2/c1-3-23-9-6-13(7-10-23)14-4-5-15-16(12-14)22(2)21-18(15)24-11-8-17(25)20-19(24)26/h4-5,12-13H,3,6-11H2,1-2H3,(H,20,25,26). The highest BCUT2D eigenvalue weighted by Gasteiger charge is 2.28. The lowest BCUT2D eigenvalue weighted by molar-refractivity contribution is -0.120. The molecule has 1 N–H and O–H groups in total. The van der Waals surface area contributed by atoms with E-state index in [-0.39, 0.29) is 5.91 Å². The van der Waals surface area contributed by atoms with Crippen molar-refractivity contribution in [3.05, 3.63) is 23.8 Å². The van der Waals surface area contributed by atoms with E-state index in [1.54, 1.807) is 4.90 Å². The Labute approximate surface area is 152 Å². The number of likely N-dealkylation sites (tertiary alicyclic amines) is 1. The first-order valence-electron chi connectivity index (χ1n) is 9.37. The number of amides is 3. The highest BCUT2D eigenvalue weighted by molar-refractivity contribution is 6.08. The first-order chi connectivity index (χ1) is 12.6. The molecular formula is C19H25N5O2. The van der Waals surface area contributed by atoms with Crippen molar-refractivity contribution in [3.63, 3.8) is 0 Å². The molecule has 138 valence electrons. The van der Waals surface area contributed by atoms with E-state index in [2.05, 4.69) is 40.4 Å². The van der Waals surface area contributed by atoms with Crippen LogP contribution in [0.2, 0.25) is 0 Å². The van der Waals surface area contributed by atoms with Crippen LogP contribution in [-0.4, -0.2) is 52.8 Å². The number of carbonyl (C=O) groups excluding carboxylic acids is 2. The Bertz CT molecular complexity index is 851. The molecule has 0 spiro atoms. The fourth-order valence-corrected chi connectivity index (χ4v) is 4.06. The number of hydrogen-bond acceptors (Lipinski definition) is 4. The van der Waals surface area contributed by atoms with Crippen molar-refractivity contribution in [1.29, 1.82) is 0 Å². The minimum Gasteiger partial charge on any atom is -0.304 e. The number of urea groups is 1. The van der Waals surface area contributed by atoms with Crippen molar-refractivity contribution in [2.24, 2.45) is 7.05 Å². The number of aromatic nitrogens is 2. The van der Waals surface area contributed by atoms with Crippen molar-refractivity contribution in [2.45, 2.75) is 32.1 Å². The number of carbonyl (C=O) groups is 2. The zero-order chi connectivity index (χ0) is 18.3. The van der Waals surface area contributed by atoms with E-state index in [1.165, 1.54) is 18.4 Å². The topological polar surface area (TPSA) is 70.5 Å². The SMILES string of the molecule is CCN1CCC(c2ccc3c(N4CCC(=O)NC4=O)nn(C)c3c2)CC1. The maximum atomic E-state index is 12.2. The molecule has 0 bridgehead atoms. The summed E-state index contributed by atoms with van der Waals surface area (Å²) in [6, 6.07) is 6.07. The Hall–Kier alpha value is -2.41. The predicted octanol–water partition coefficient (Wildman–Crippen LogP) is 2.22. The Morgan fingerprint density at radius 1 is 1.19 bits per heavy atom. The van der Waals surface area contributed by atoms with Gasteiger partial charge in [-0.25, -0.2) is 4.79 Å². The Morgan fingerprint density at radius 3 is 2.65 bits per heavy atom. The molecule has 7 nitrogen and oxygen atoms in total.